The summed E-state index contributed by atoms with van der Waals surface area (Å²) in [5.74, 6) is 0.318. The van der Waals surface area contributed by atoms with Crippen LogP contribution in [0.25, 0.3) is 0 Å². The van der Waals surface area contributed by atoms with E-state index in [0.717, 1.165) is 5.56 Å². The molecule has 3 rings (SSSR count). The molecule has 148 valence electrons. The number of esters is 1. The zero-order valence-corrected chi connectivity index (χ0v) is 15.6. The van der Waals surface area contributed by atoms with Crippen LogP contribution >= 0.6 is 0 Å². The van der Waals surface area contributed by atoms with Gasteiger partial charge in [-0.1, -0.05) is 6.07 Å². The summed E-state index contributed by atoms with van der Waals surface area (Å²) < 4.78 is 20.6. The van der Waals surface area contributed by atoms with E-state index in [4.69, 9.17) is 18.9 Å². The van der Waals surface area contributed by atoms with E-state index in [9.17, 15) is 14.7 Å². The molecular weight excluding hydrogens is 366 g/mol. The van der Waals surface area contributed by atoms with Crippen LogP contribution in [0.1, 0.15) is 22.8 Å². The van der Waals surface area contributed by atoms with Crippen LogP contribution in [-0.4, -0.2) is 48.9 Å². The zero-order valence-electron chi connectivity index (χ0n) is 15.6. The first-order valence-corrected chi connectivity index (χ1v) is 8.72. The van der Waals surface area contributed by atoms with Crippen molar-refractivity contribution in [3.63, 3.8) is 0 Å². The number of benzene rings is 2. The maximum atomic E-state index is 12.4. The molecule has 0 saturated carbocycles. The van der Waals surface area contributed by atoms with Gasteiger partial charge in [-0.15, -0.1) is 0 Å². The van der Waals surface area contributed by atoms with Crippen molar-refractivity contribution in [3.8, 4) is 23.0 Å². The summed E-state index contributed by atoms with van der Waals surface area (Å²) >= 11 is 0. The third-order valence-electron chi connectivity index (χ3n) is 4.30. The number of aromatic hydroxyl groups is 1. The molecule has 1 aliphatic heterocycles. The molecule has 2 aromatic rings. The monoisotopic (exact) mass is 387 g/mol. The molecule has 0 aliphatic carbocycles. The van der Waals surface area contributed by atoms with Gasteiger partial charge in [0.1, 0.15) is 17.1 Å². The number of ether oxygens (including phenoxy) is 4. The Hall–Kier alpha value is -3.42. The highest BCUT2D eigenvalue weighted by Crippen LogP contribution is 2.32. The molecule has 0 atom stereocenters. The van der Waals surface area contributed by atoms with Crippen molar-refractivity contribution in [2.75, 3.05) is 27.1 Å². The number of amides is 1. The van der Waals surface area contributed by atoms with Crippen molar-refractivity contribution in [1.82, 2.24) is 4.90 Å². The number of methoxy groups -OCH3 is 1. The molecule has 0 unspecified atom stereocenters. The van der Waals surface area contributed by atoms with Gasteiger partial charge in [-0.25, -0.2) is 4.79 Å². The fraction of sp³-hybridized carbons (Fsp3) is 0.300. The maximum absolute atomic E-state index is 12.4. The summed E-state index contributed by atoms with van der Waals surface area (Å²) in [6.45, 7) is 2.38. The van der Waals surface area contributed by atoms with Gasteiger partial charge in [-0.3, -0.25) is 4.79 Å². The van der Waals surface area contributed by atoms with Gasteiger partial charge < -0.3 is 29.0 Å². The van der Waals surface area contributed by atoms with Crippen LogP contribution in [0.5, 0.6) is 23.0 Å². The Morgan fingerprint density at radius 1 is 1.14 bits per heavy atom. The molecule has 0 bridgehead atoms. The minimum atomic E-state index is -0.785. The number of likely N-dealkylation sites (N-methyl/N-ethyl adjacent to an activating group) is 1. The molecule has 1 N–H and O–H groups in total. The number of fused-ring (bicyclic) bond motifs is 1. The highest BCUT2D eigenvalue weighted by molar-refractivity contribution is 5.94. The molecule has 0 saturated heterocycles. The Kier molecular flexibility index (Phi) is 5.88. The van der Waals surface area contributed by atoms with Gasteiger partial charge in [-0.05, 0) is 36.8 Å². The predicted octanol–water partition coefficient (Wildman–Crippen LogP) is 2.34. The van der Waals surface area contributed by atoms with E-state index < -0.39 is 12.6 Å². The van der Waals surface area contributed by atoms with Crippen LogP contribution in [0.15, 0.2) is 36.4 Å². The molecule has 1 heterocycles. The highest BCUT2D eigenvalue weighted by atomic mass is 16.7. The summed E-state index contributed by atoms with van der Waals surface area (Å²) in [6, 6.07) is 9.67. The van der Waals surface area contributed by atoms with Gasteiger partial charge >= 0.3 is 5.97 Å². The molecule has 0 aromatic heterocycles. The number of carbonyl (C=O) groups excluding carboxylic acids is 2. The normalized spacial score (nSPS) is 11.8. The van der Waals surface area contributed by atoms with Gasteiger partial charge in [0.15, 0.2) is 18.1 Å². The Labute approximate surface area is 162 Å². The van der Waals surface area contributed by atoms with Crippen LogP contribution in [0, 0.1) is 0 Å². The van der Waals surface area contributed by atoms with Crippen LogP contribution in [0.4, 0.5) is 0 Å². The van der Waals surface area contributed by atoms with Gasteiger partial charge in [0.2, 0.25) is 6.79 Å². The lowest BCUT2D eigenvalue weighted by Gasteiger charge is -2.21. The third-order valence-corrected chi connectivity index (χ3v) is 4.30. The lowest BCUT2D eigenvalue weighted by molar-refractivity contribution is -0.134. The molecular formula is C20H21NO7. The van der Waals surface area contributed by atoms with Crippen molar-refractivity contribution >= 4 is 11.9 Å². The van der Waals surface area contributed by atoms with E-state index in [1.807, 2.05) is 19.1 Å². The van der Waals surface area contributed by atoms with Gasteiger partial charge in [-0.2, -0.15) is 0 Å². The summed E-state index contributed by atoms with van der Waals surface area (Å²) in [5, 5.41) is 9.89. The van der Waals surface area contributed by atoms with E-state index >= 15 is 0 Å². The Morgan fingerprint density at radius 2 is 1.93 bits per heavy atom. The molecule has 1 amide bonds. The van der Waals surface area contributed by atoms with E-state index in [1.54, 1.807) is 11.0 Å². The lowest BCUT2D eigenvalue weighted by Crippen LogP contribution is -2.34. The second-order valence-electron chi connectivity index (χ2n) is 6.05. The Morgan fingerprint density at radius 3 is 2.64 bits per heavy atom. The minimum absolute atomic E-state index is 0.0348. The average Bonchev–Trinajstić information content (AvgIpc) is 3.17. The second-order valence-corrected chi connectivity index (χ2v) is 6.05. The molecule has 0 spiro atoms. The molecule has 1 aliphatic rings. The van der Waals surface area contributed by atoms with Crippen LogP contribution in [0.2, 0.25) is 0 Å². The zero-order chi connectivity index (χ0) is 20.1. The topological polar surface area (TPSA) is 94.5 Å². The van der Waals surface area contributed by atoms with Crippen LogP contribution < -0.4 is 14.2 Å². The van der Waals surface area contributed by atoms with Crippen molar-refractivity contribution < 1.29 is 33.6 Å². The fourth-order valence-corrected chi connectivity index (χ4v) is 2.74. The van der Waals surface area contributed by atoms with Crippen LogP contribution in [0.3, 0.4) is 0 Å². The number of nitrogens with zero attached hydrogens (tertiary/aromatic N) is 1. The Bertz CT molecular complexity index is 881. The Balaban J connectivity index is 1.58. The first-order chi connectivity index (χ1) is 13.5. The number of hydrogen-bond donors (Lipinski definition) is 1. The van der Waals surface area contributed by atoms with E-state index in [1.165, 1.54) is 25.3 Å². The largest absolute Gasteiger partial charge is 0.507 e. The third kappa shape index (κ3) is 4.28. The number of hydrogen-bond acceptors (Lipinski definition) is 7. The number of phenols is 1. The van der Waals surface area contributed by atoms with Gasteiger partial charge in [0.25, 0.3) is 5.91 Å². The summed E-state index contributed by atoms with van der Waals surface area (Å²) in [7, 11) is 1.45. The van der Waals surface area contributed by atoms with Gasteiger partial charge in [0.05, 0.1) is 7.11 Å². The van der Waals surface area contributed by atoms with Crippen molar-refractivity contribution in [2.45, 2.75) is 13.5 Å². The molecule has 28 heavy (non-hydrogen) atoms. The van der Waals surface area contributed by atoms with Crippen LogP contribution in [-0.2, 0) is 16.1 Å². The summed E-state index contributed by atoms with van der Waals surface area (Å²) in [4.78, 5) is 26.1. The number of rotatable bonds is 7. The van der Waals surface area contributed by atoms with E-state index in [-0.39, 0.29) is 24.0 Å². The molecule has 0 radical (unpaired) electrons. The lowest BCUT2D eigenvalue weighted by atomic mass is 10.2. The smallest absolute Gasteiger partial charge is 0.342 e. The van der Waals surface area contributed by atoms with Crippen molar-refractivity contribution in [1.29, 1.82) is 0 Å². The quantitative estimate of drug-likeness (QED) is 0.729. The fourth-order valence-electron chi connectivity index (χ4n) is 2.74. The summed E-state index contributed by atoms with van der Waals surface area (Å²) in [6.07, 6.45) is 0. The standard InChI is InChI=1S/C20H21NO7/c1-3-21(10-13-4-7-17-18(8-13)28-12-27-17)19(23)11-26-20(24)15-6-5-14(25-2)9-16(15)22/h4-9,22H,3,10-12H2,1-2H3. The highest BCUT2D eigenvalue weighted by Gasteiger charge is 2.19. The maximum Gasteiger partial charge on any atom is 0.342 e. The molecule has 2 aromatic carbocycles. The minimum Gasteiger partial charge on any atom is -0.507 e. The second kappa shape index (κ2) is 8.51. The molecule has 0 fully saturated rings. The molecule has 8 nitrogen and oxygen atoms in total. The van der Waals surface area contributed by atoms with E-state index in [0.29, 0.717) is 30.3 Å². The van der Waals surface area contributed by atoms with E-state index in [2.05, 4.69) is 0 Å². The summed E-state index contributed by atoms with van der Waals surface area (Å²) in [5.41, 5.74) is 0.839. The van der Waals surface area contributed by atoms with Gasteiger partial charge in [0, 0.05) is 19.2 Å². The van der Waals surface area contributed by atoms with Crippen molar-refractivity contribution in [2.24, 2.45) is 0 Å². The molecule has 8 heteroatoms. The predicted molar refractivity (Wildman–Crippen MR) is 98.6 cm³/mol. The van der Waals surface area contributed by atoms with Crippen molar-refractivity contribution in [3.05, 3.63) is 47.5 Å². The number of phenolic OH excluding ortho intramolecular Hbond substituents is 1. The first kappa shape index (κ1) is 19.3. The first-order valence-electron chi connectivity index (χ1n) is 8.72. The number of carbonyl (C=O) groups is 2. The SMILES string of the molecule is CCN(Cc1ccc2c(c1)OCO2)C(=O)COC(=O)c1ccc(OC)cc1O. The average molecular weight is 387 g/mol.